The standard InChI is InChI=1S/C16H15FN2O/c17-13-4-2-5-14(7-13)20-10-12-9-19-16-11(8-18)3-1-6-15(12)16/h1-7,9,19H,8,10,18H2. The molecule has 0 fully saturated rings. The van der Waals surface area contributed by atoms with Crippen LogP contribution in [-0.4, -0.2) is 4.98 Å². The molecule has 1 aromatic heterocycles. The van der Waals surface area contributed by atoms with Gasteiger partial charge in [-0.05, 0) is 17.7 Å². The Bertz CT molecular complexity index is 736. The molecule has 0 aliphatic heterocycles. The van der Waals surface area contributed by atoms with Crippen LogP contribution in [0.5, 0.6) is 5.75 Å². The normalized spacial score (nSPS) is 10.9. The number of aromatic nitrogens is 1. The summed E-state index contributed by atoms with van der Waals surface area (Å²) in [5, 5.41) is 1.09. The second kappa shape index (κ2) is 5.35. The zero-order chi connectivity index (χ0) is 13.9. The predicted molar refractivity (Wildman–Crippen MR) is 76.9 cm³/mol. The number of nitrogens with one attached hydrogen (secondary N) is 1. The van der Waals surface area contributed by atoms with Gasteiger partial charge in [-0.1, -0.05) is 24.3 Å². The molecule has 0 saturated carbocycles. The van der Waals surface area contributed by atoms with Crippen molar-refractivity contribution in [1.82, 2.24) is 4.98 Å². The van der Waals surface area contributed by atoms with E-state index in [2.05, 4.69) is 4.98 Å². The van der Waals surface area contributed by atoms with Crippen LogP contribution in [-0.2, 0) is 13.2 Å². The molecule has 2 aromatic carbocycles. The molecule has 0 spiro atoms. The van der Waals surface area contributed by atoms with Crippen LogP contribution >= 0.6 is 0 Å². The first-order valence-corrected chi connectivity index (χ1v) is 6.44. The SMILES string of the molecule is NCc1cccc2c(COc3cccc(F)c3)c[nH]c12. The highest BCUT2D eigenvalue weighted by atomic mass is 19.1. The van der Waals surface area contributed by atoms with Gasteiger partial charge in [-0.2, -0.15) is 0 Å². The minimum atomic E-state index is -0.299. The van der Waals surface area contributed by atoms with Crippen LogP contribution in [0.25, 0.3) is 10.9 Å². The van der Waals surface area contributed by atoms with E-state index in [1.807, 2.05) is 24.4 Å². The maximum Gasteiger partial charge on any atom is 0.126 e. The Hall–Kier alpha value is -2.33. The van der Waals surface area contributed by atoms with Crippen LogP contribution in [0, 0.1) is 5.82 Å². The molecule has 3 N–H and O–H groups in total. The number of nitrogens with two attached hydrogens (primary N) is 1. The quantitative estimate of drug-likeness (QED) is 0.764. The first kappa shape index (κ1) is 12.7. The van der Waals surface area contributed by atoms with Gasteiger partial charge in [0.05, 0.1) is 5.52 Å². The fraction of sp³-hybridized carbons (Fsp3) is 0.125. The molecule has 0 unspecified atom stereocenters. The Kier molecular flexibility index (Phi) is 3.39. The molecule has 3 rings (SSSR count). The first-order valence-electron chi connectivity index (χ1n) is 6.44. The summed E-state index contributed by atoms with van der Waals surface area (Å²) in [4.78, 5) is 3.22. The number of hydrogen-bond acceptors (Lipinski definition) is 2. The lowest BCUT2D eigenvalue weighted by Crippen LogP contribution is -1.97. The minimum absolute atomic E-state index is 0.299. The number of rotatable bonds is 4. The summed E-state index contributed by atoms with van der Waals surface area (Å²) in [6, 6.07) is 12.1. The average Bonchev–Trinajstić information content (AvgIpc) is 2.88. The van der Waals surface area contributed by atoms with Gasteiger partial charge in [0.2, 0.25) is 0 Å². The molecule has 0 aliphatic carbocycles. The number of ether oxygens (including phenoxy) is 1. The smallest absolute Gasteiger partial charge is 0.126 e. The largest absolute Gasteiger partial charge is 0.489 e. The molecule has 3 aromatic rings. The van der Waals surface area contributed by atoms with E-state index in [0.717, 1.165) is 22.0 Å². The number of fused-ring (bicyclic) bond motifs is 1. The van der Waals surface area contributed by atoms with Crippen molar-refractivity contribution in [3.63, 3.8) is 0 Å². The molecular formula is C16H15FN2O. The van der Waals surface area contributed by atoms with E-state index < -0.39 is 0 Å². The summed E-state index contributed by atoms with van der Waals surface area (Å²) in [5.74, 6) is 0.223. The van der Waals surface area contributed by atoms with Crippen molar-refractivity contribution >= 4 is 10.9 Å². The molecule has 4 heteroatoms. The van der Waals surface area contributed by atoms with Crippen LogP contribution < -0.4 is 10.5 Å². The molecular weight excluding hydrogens is 255 g/mol. The minimum Gasteiger partial charge on any atom is -0.489 e. The number of halogens is 1. The molecule has 0 radical (unpaired) electrons. The van der Waals surface area contributed by atoms with E-state index in [1.54, 1.807) is 12.1 Å². The van der Waals surface area contributed by atoms with E-state index in [9.17, 15) is 4.39 Å². The molecule has 3 nitrogen and oxygen atoms in total. The fourth-order valence-corrected chi connectivity index (χ4v) is 2.28. The monoisotopic (exact) mass is 270 g/mol. The Morgan fingerprint density at radius 2 is 1.95 bits per heavy atom. The van der Waals surface area contributed by atoms with Crippen molar-refractivity contribution in [1.29, 1.82) is 0 Å². The highest BCUT2D eigenvalue weighted by molar-refractivity contribution is 5.85. The van der Waals surface area contributed by atoms with Gasteiger partial charge in [-0.15, -0.1) is 0 Å². The van der Waals surface area contributed by atoms with Gasteiger partial charge >= 0.3 is 0 Å². The van der Waals surface area contributed by atoms with Gasteiger partial charge in [0.15, 0.2) is 0 Å². The van der Waals surface area contributed by atoms with E-state index in [-0.39, 0.29) is 5.82 Å². The van der Waals surface area contributed by atoms with Crippen LogP contribution in [0.1, 0.15) is 11.1 Å². The zero-order valence-corrected chi connectivity index (χ0v) is 10.9. The van der Waals surface area contributed by atoms with Gasteiger partial charge in [0.25, 0.3) is 0 Å². The molecule has 20 heavy (non-hydrogen) atoms. The fourth-order valence-electron chi connectivity index (χ4n) is 2.28. The van der Waals surface area contributed by atoms with Crippen LogP contribution in [0.15, 0.2) is 48.7 Å². The van der Waals surface area contributed by atoms with Crippen molar-refractivity contribution in [3.05, 3.63) is 65.6 Å². The van der Waals surface area contributed by atoms with Crippen LogP contribution in [0.2, 0.25) is 0 Å². The summed E-state index contributed by atoms with van der Waals surface area (Å²) in [5.41, 5.74) is 8.85. The van der Waals surface area contributed by atoms with Crippen molar-refractivity contribution < 1.29 is 9.13 Å². The van der Waals surface area contributed by atoms with Crippen LogP contribution in [0.3, 0.4) is 0 Å². The predicted octanol–water partition coefficient (Wildman–Crippen LogP) is 3.34. The average molecular weight is 270 g/mol. The van der Waals surface area contributed by atoms with Crippen molar-refractivity contribution in [2.75, 3.05) is 0 Å². The Morgan fingerprint density at radius 1 is 1.10 bits per heavy atom. The van der Waals surface area contributed by atoms with E-state index in [0.29, 0.717) is 18.9 Å². The Labute approximate surface area is 116 Å². The molecule has 0 amide bonds. The third-order valence-electron chi connectivity index (χ3n) is 3.30. The van der Waals surface area contributed by atoms with Gasteiger partial charge < -0.3 is 15.5 Å². The van der Waals surface area contributed by atoms with E-state index >= 15 is 0 Å². The lowest BCUT2D eigenvalue weighted by Gasteiger charge is -2.05. The second-order valence-electron chi connectivity index (χ2n) is 4.60. The molecule has 0 atom stereocenters. The summed E-state index contributed by atoms with van der Waals surface area (Å²) in [6.45, 7) is 0.875. The van der Waals surface area contributed by atoms with Gasteiger partial charge in [-0.3, -0.25) is 0 Å². The topological polar surface area (TPSA) is 51.0 Å². The first-order chi connectivity index (χ1) is 9.78. The number of para-hydroxylation sites is 1. The molecule has 0 bridgehead atoms. The second-order valence-corrected chi connectivity index (χ2v) is 4.60. The lowest BCUT2D eigenvalue weighted by atomic mass is 10.1. The molecule has 0 saturated heterocycles. The summed E-state index contributed by atoms with van der Waals surface area (Å²) < 4.78 is 18.7. The molecule has 0 aliphatic rings. The van der Waals surface area contributed by atoms with Gasteiger partial charge in [0.1, 0.15) is 18.2 Å². The van der Waals surface area contributed by atoms with Crippen molar-refractivity contribution in [2.24, 2.45) is 5.73 Å². The molecule has 102 valence electrons. The van der Waals surface area contributed by atoms with Gasteiger partial charge in [0, 0.05) is 29.8 Å². The van der Waals surface area contributed by atoms with Crippen molar-refractivity contribution in [3.8, 4) is 5.75 Å². The summed E-state index contributed by atoms with van der Waals surface area (Å²) in [6.07, 6.45) is 1.91. The maximum atomic E-state index is 13.1. The Balaban J connectivity index is 1.85. The lowest BCUT2D eigenvalue weighted by molar-refractivity contribution is 0.306. The van der Waals surface area contributed by atoms with Crippen LogP contribution in [0.4, 0.5) is 4.39 Å². The zero-order valence-electron chi connectivity index (χ0n) is 10.9. The maximum absolute atomic E-state index is 13.1. The Morgan fingerprint density at radius 3 is 2.75 bits per heavy atom. The number of benzene rings is 2. The molecule has 1 heterocycles. The number of hydrogen-bond donors (Lipinski definition) is 2. The van der Waals surface area contributed by atoms with Gasteiger partial charge in [-0.25, -0.2) is 4.39 Å². The number of H-pyrrole nitrogens is 1. The summed E-state index contributed by atoms with van der Waals surface area (Å²) >= 11 is 0. The summed E-state index contributed by atoms with van der Waals surface area (Å²) in [7, 11) is 0. The van der Waals surface area contributed by atoms with Crippen molar-refractivity contribution in [2.45, 2.75) is 13.2 Å². The van der Waals surface area contributed by atoms with E-state index in [1.165, 1.54) is 12.1 Å². The number of aromatic amines is 1. The highest BCUT2D eigenvalue weighted by Crippen LogP contribution is 2.23. The third kappa shape index (κ3) is 2.38. The third-order valence-corrected chi connectivity index (χ3v) is 3.30. The highest BCUT2D eigenvalue weighted by Gasteiger charge is 2.07. The van der Waals surface area contributed by atoms with E-state index in [4.69, 9.17) is 10.5 Å².